The first kappa shape index (κ1) is 15.8. The van der Waals surface area contributed by atoms with Crippen LogP contribution in [0.15, 0.2) is 48.5 Å². The zero-order valence-corrected chi connectivity index (χ0v) is 14.7. The number of para-hydroxylation sites is 1. The molecule has 4 nitrogen and oxygen atoms in total. The second kappa shape index (κ2) is 6.63. The van der Waals surface area contributed by atoms with Crippen LogP contribution >= 0.6 is 0 Å². The van der Waals surface area contributed by atoms with E-state index in [1.54, 1.807) is 7.11 Å². The van der Waals surface area contributed by atoms with Gasteiger partial charge >= 0.3 is 0 Å². The van der Waals surface area contributed by atoms with E-state index in [2.05, 4.69) is 48.6 Å². The van der Waals surface area contributed by atoms with Crippen LogP contribution in [0.25, 0.3) is 5.69 Å². The first-order chi connectivity index (χ1) is 12.3. The maximum absolute atomic E-state index is 5.50. The molecule has 0 atom stereocenters. The summed E-state index contributed by atoms with van der Waals surface area (Å²) in [4.78, 5) is 0. The van der Waals surface area contributed by atoms with Crippen LogP contribution in [0.1, 0.15) is 29.3 Å². The van der Waals surface area contributed by atoms with Gasteiger partial charge in [-0.1, -0.05) is 37.3 Å². The van der Waals surface area contributed by atoms with Gasteiger partial charge in [-0.05, 0) is 36.6 Å². The van der Waals surface area contributed by atoms with Crippen LogP contribution in [-0.2, 0) is 19.3 Å². The van der Waals surface area contributed by atoms with Gasteiger partial charge in [0, 0.05) is 24.1 Å². The first-order valence-corrected chi connectivity index (χ1v) is 8.86. The maximum atomic E-state index is 5.50. The van der Waals surface area contributed by atoms with Gasteiger partial charge in [-0.3, -0.25) is 0 Å². The monoisotopic (exact) mass is 333 g/mol. The molecule has 1 aromatic heterocycles. The molecule has 1 N–H and O–H groups in total. The molecule has 0 fully saturated rings. The molecule has 1 aliphatic rings. The third-order valence-corrected chi connectivity index (χ3v) is 4.87. The summed E-state index contributed by atoms with van der Waals surface area (Å²) in [6, 6.07) is 16.8. The number of methoxy groups -OCH3 is 1. The van der Waals surface area contributed by atoms with Gasteiger partial charge in [0.1, 0.15) is 11.6 Å². The molecule has 2 heterocycles. The van der Waals surface area contributed by atoms with Gasteiger partial charge in [0.15, 0.2) is 0 Å². The van der Waals surface area contributed by atoms with Crippen molar-refractivity contribution in [3.8, 4) is 11.4 Å². The Morgan fingerprint density at radius 3 is 2.68 bits per heavy atom. The minimum Gasteiger partial charge on any atom is -0.496 e. The molecule has 0 spiro atoms. The van der Waals surface area contributed by atoms with Gasteiger partial charge in [-0.15, -0.1) is 0 Å². The molecule has 25 heavy (non-hydrogen) atoms. The Hall–Kier alpha value is -2.75. The summed E-state index contributed by atoms with van der Waals surface area (Å²) >= 11 is 0. The second-order valence-electron chi connectivity index (χ2n) is 6.37. The minimum atomic E-state index is 0.786. The SMILES string of the molecule is CCc1ccc(-n2nc(Cc3ccccc3OC)c3c2NCC3)cc1. The van der Waals surface area contributed by atoms with E-state index in [0.717, 1.165) is 48.8 Å². The van der Waals surface area contributed by atoms with Crippen LogP contribution in [-0.4, -0.2) is 23.4 Å². The fraction of sp³-hybridized carbons (Fsp3) is 0.286. The summed E-state index contributed by atoms with van der Waals surface area (Å²) in [7, 11) is 1.72. The van der Waals surface area contributed by atoms with E-state index in [-0.39, 0.29) is 0 Å². The van der Waals surface area contributed by atoms with Gasteiger partial charge in [-0.25, -0.2) is 4.68 Å². The fourth-order valence-corrected chi connectivity index (χ4v) is 3.48. The highest BCUT2D eigenvalue weighted by Gasteiger charge is 2.23. The molecule has 0 radical (unpaired) electrons. The summed E-state index contributed by atoms with van der Waals surface area (Å²) in [5.41, 5.74) is 6.07. The van der Waals surface area contributed by atoms with E-state index in [1.807, 2.05) is 16.8 Å². The fourth-order valence-electron chi connectivity index (χ4n) is 3.48. The number of hydrogen-bond acceptors (Lipinski definition) is 3. The number of fused-ring (bicyclic) bond motifs is 1. The number of rotatable bonds is 5. The van der Waals surface area contributed by atoms with Crippen molar-refractivity contribution in [2.24, 2.45) is 0 Å². The highest BCUT2D eigenvalue weighted by atomic mass is 16.5. The number of nitrogens with one attached hydrogen (secondary N) is 1. The van der Waals surface area contributed by atoms with Gasteiger partial charge < -0.3 is 10.1 Å². The lowest BCUT2D eigenvalue weighted by Gasteiger charge is -2.08. The minimum absolute atomic E-state index is 0.786. The average Bonchev–Trinajstić information content (AvgIpc) is 3.26. The largest absolute Gasteiger partial charge is 0.496 e. The molecule has 4 heteroatoms. The molecule has 0 bridgehead atoms. The molecule has 0 amide bonds. The second-order valence-corrected chi connectivity index (χ2v) is 6.37. The van der Waals surface area contributed by atoms with Crippen molar-refractivity contribution in [1.29, 1.82) is 0 Å². The molecule has 4 rings (SSSR count). The van der Waals surface area contributed by atoms with Crippen molar-refractivity contribution < 1.29 is 4.74 Å². The van der Waals surface area contributed by atoms with Gasteiger partial charge in [-0.2, -0.15) is 5.10 Å². The van der Waals surface area contributed by atoms with E-state index in [0.29, 0.717) is 0 Å². The summed E-state index contributed by atoms with van der Waals surface area (Å²) in [5, 5.41) is 8.43. The number of benzene rings is 2. The lowest BCUT2D eigenvalue weighted by molar-refractivity contribution is 0.410. The summed E-state index contributed by atoms with van der Waals surface area (Å²) < 4.78 is 7.55. The molecule has 0 aliphatic carbocycles. The number of ether oxygens (including phenoxy) is 1. The van der Waals surface area contributed by atoms with E-state index in [9.17, 15) is 0 Å². The van der Waals surface area contributed by atoms with Crippen molar-refractivity contribution in [1.82, 2.24) is 9.78 Å². The van der Waals surface area contributed by atoms with Gasteiger partial charge in [0.25, 0.3) is 0 Å². The molecule has 2 aromatic carbocycles. The lowest BCUT2D eigenvalue weighted by Crippen LogP contribution is -2.05. The lowest BCUT2D eigenvalue weighted by atomic mass is 10.0. The molecular weight excluding hydrogens is 310 g/mol. The molecular formula is C21H23N3O. The van der Waals surface area contributed by atoms with Crippen molar-refractivity contribution in [2.75, 3.05) is 19.0 Å². The Morgan fingerprint density at radius 1 is 1.12 bits per heavy atom. The van der Waals surface area contributed by atoms with E-state index in [4.69, 9.17) is 9.84 Å². The molecule has 3 aromatic rings. The normalized spacial score (nSPS) is 12.7. The Morgan fingerprint density at radius 2 is 1.92 bits per heavy atom. The Kier molecular flexibility index (Phi) is 4.18. The van der Waals surface area contributed by atoms with Crippen molar-refractivity contribution in [3.63, 3.8) is 0 Å². The first-order valence-electron chi connectivity index (χ1n) is 8.86. The van der Waals surface area contributed by atoms with Gasteiger partial charge in [0.2, 0.25) is 0 Å². The summed E-state index contributed by atoms with van der Waals surface area (Å²) in [6.07, 6.45) is 2.86. The summed E-state index contributed by atoms with van der Waals surface area (Å²) in [6.45, 7) is 3.15. The topological polar surface area (TPSA) is 39.1 Å². The average molecular weight is 333 g/mol. The highest BCUT2D eigenvalue weighted by Crippen LogP contribution is 2.31. The predicted molar refractivity (Wildman–Crippen MR) is 101 cm³/mol. The Balaban J connectivity index is 1.72. The van der Waals surface area contributed by atoms with Crippen molar-refractivity contribution in [2.45, 2.75) is 26.2 Å². The quantitative estimate of drug-likeness (QED) is 0.767. The molecule has 128 valence electrons. The zero-order valence-electron chi connectivity index (χ0n) is 14.7. The Labute approximate surface area is 148 Å². The maximum Gasteiger partial charge on any atom is 0.133 e. The number of nitrogens with zero attached hydrogens (tertiary/aromatic N) is 2. The smallest absolute Gasteiger partial charge is 0.133 e. The standard InChI is InChI=1S/C21H23N3O/c1-3-15-8-10-17(11-9-15)24-21-18(12-13-22-21)19(23-24)14-16-6-4-5-7-20(16)25-2/h4-11,22H,3,12-14H2,1-2H3. The molecule has 0 unspecified atom stereocenters. The number of aromatic nitrogens is 2. The molecule has 1 aliphatic heterocycles. The Bertz CT molecular complexity index is 881. The van der Waals surface area contributed by atoms with Crippen LogP contribution in [0.2, 0.25) is 0 Å². The number of anilines is 1. The van der Waals surface area contributed by atoms with E-state index >= 15 is 0 Å². The third-order valence-electron chi connectivity index (χ3n) is 4.87. The zero-order chi connectivity index (χ0) is 17.2. The highest BCUT2D eigenvalue weighted by molar-refractivity contribution is 5.58. The third kappa shape index (κ3) is 2.88. The van der Waals surface area contributed by atoms with E-state index < -0.39 is 0 Å². The molecule has 0 saturated carbocycles. The molecule has 0 saturated heterocycles. The van der Waals surface area contributed by atoms with Crippen molar-refractivity contribution >= 4 is 5.82 Å². The predicted octanol–water partition coefficient (Wildman–Crippen LogP) is 4.00. The van der Waals surface area contributed by atoms with Crippen LogP contribution in [0.3, 0.4) is 0 Å². The van der Waals surface area contributed by atoms with Crippen LogP contribution in [0.5, 0.6) is 5.75 Å². The summed E-state index contributed by atoms with van der Waals surface area (Å²) in [5.74, 6) is 2.05. The number of hydrogen-bond donors (Lipinski definition) is 1. The van der Waals surface area contributed by atoms with Crippen molar-refractivity contribution in [3.05, 3.63) is 70.9 Å². The van der Waals surface area contributed by atoms with Crippen LogP contribution in [0.4, 0.5) is 5.82 Å². The van der Waals surface area contributed by atoms with Crippen LogP contribution in [0, 0.1) is 0 Å². The van der Waals surface area contributed by atoms with Gasteiger partial charge in [0.05, 0.1) is 18.5 Å². The van der Waals surface area contributed by atoms with E-state index in [1.165, 1.54) is 16.7 Å². The number of aryl methyl sites for hydroxylation is 1. The van der Waals surface area contributed by atoms with Crippen LogP contribution < -0.4 is 10.1 Å².